The lowest BCUT2D eigenvalue weighted by Crippen LogP contribution is -2.34. The molecule has 0 N–H and O–H groups in total. The van der Waals surface area contributed by atoms with Gasteiger partial charge in [0.1, 0.15) is 6.54 Å². The first-order valence-electron chi connectivity index (χ1n) is 5.27. The van der Waals surface area contributed by atoms with Crippen LogP contribution in [0.1, 0.15) is 5.56 Å². The maximum absolute atomic E-state index is 10.9. The highest BCUT2D eigenvalue weighted by Gasteiger charge is 2.14. The zero-order valence-corrected chi connectivity index (χ0v) is 9.34. The lowest BCUT2D eigenvalue weighted by Gasteiger charge is -2.22. The van der Waals surface area contributed by atoms with Crippen LogP contribution >= 0.6 is 0 Å². The van der Waals surface area contributed by atoms with Gasteiger partial charge >= 0.3 is 0 Å². The number of carbonyl (C=O) groups is 1. The van der Waals surface area contributed by atoms with Crippen molar-refractivity contribution >= 4 is 12.2 Å². The molecule has 1 aliphatic heterocycles. The summed E-state index contributed by atoms with van der Waals surface area (Å²) in [5, 5.41) is 0. The van der Waals surface area contributed by atoms with Crippen molar-refractivity contribution < 1.29 is 4.79 Å². The normalized spacial score (nSPS) is 15.1. The SMILES string of the molecule is CN(Cc1ccccc1)CN1C=NC(=O)C1. The van der Waals surface area contributed by atoms with Crippen LogP contribution < -0.4 is 0 Å². The van der Waals surface area contributed by atoms with Gasteiger partial charge in [-0.3, -0.25) is 9.69 Å². The van der Waals surface area contributed by atoms with Gasteiger partial charge in [-0.2, -0.15) is 0 Å². The molecule has 4 nitrogen and oxygen atoms in total. The van der Waals surface area contributed by atoms with Gasteiger partial charge in [0.15, 0.2) is 0 Å². The Morgan fingerprint density at radius 2 is 2.12 bits per heavy atom. The zero-order chi connectivity index (χ0) is 11.4. The van der Waals surface area contributed by atoms with Crippen molar-refractivity contribution in [3.8, 4) is 0 Å². The van der Waals surface area contributed by atoms with Gasteiger partial charge in [-0.25, -0.2) is 4.99 Å². The Kier molecular flexibility index (Phi) is 3.31. The third kappa shape index (κ3) is 2.90. The van der Waals surface area contributed by atoms with Gasteiger partial charge < -0.3 is 4.90 Å². The first kappa shape index (κ1) is 10.8. The molecule has 2 rings (SSSR count). The first-order valence-corrected chi connectivity index (χ1v) is 5.27. The van der Waals surface area contributed by atoms with E-state index in [-0.39, 0.29) is 5.91 Å². The standard InChI is InChI=1S/C12H15N3O/c1-14(7-11-5-3-2-4-6-11)10-15-8-12(16)13-9-15/h2-6,9H,7-8,10H2,1H3. The summed E-state index contributed by atoms with van der Waals surface area (Å²) in [4.78, 5) is 18.7. The van der Waals surface area contributed by atoms with E-state index in [4.69, 9.17) is 0 Å². The molecular formula is C12H15N3O. The number of benzene rings is 1. The van der Waals surface area contributed by atoms with E-state index in [0.717, 1.165) is 13.2 Å². The Balaban J connectivity index is 1.83. The average molecular weight is 217 g/mol. The molecule has 0 aliphatic carbocycles. The van der Waals surface area contributed by atoms with E-state index >= 15 is 0 Å². The van der Waals surface area contributed by atoms with Gasteiger partial charge in [0.25, 0.3) is 5.91 Å². The molecule has 4 heteroatoms. The molecule has 0 fully saturated rings. The van der Waals surface area contributed by atoms with Crippen LogP contribution in [0.25, 0.3) is 0 Å². The second kappa shape index (κ2) is 4.90. The molecule has 1 heterocycles. The van der Waals surface area contributed by atoms with Crippen LogP contribution in [-0.2, 0) is 11.3 Å². The lowest BCUT2D eigenvalue weighted by molar-refractivity contribution is -0.117. The summed E-state index contributed by atoms with van der Waals surface area (Å²) in [5.41, 5.74) is 1.27. The Hall–Kier alpha value is -1.68. The van der Waals surface area contributed by atoms with Gasteiger partial charge in [0.05, 0.1) is 13.0 Å². The van der Waals surface area contributed by atoms with E-state index < -0.39 is 0 Å². The fourth-order valence-electron chi connectivity index (χ4n) is 1.74. The number of aliphatic imine (C=N–C) groups is 1. The minimum Gasteiger partial charge on any atom is -0.340 e. The number of hydrogen-bond acceptors (Lipinski definition) is 3. The summed E-state index contributed by atoms with van der Waals surface area (Å²) in [6.45, 7) is 2.00. The van der Waals surface area contributed by atoms with Gasteiger partial charge in [-0.05, 0) is 12.6 Å². The molecule has 16 heavy (non-hydrogen) atoms. The van der Waals surface area contributed by atoms with E-state index in [0.29, 0.717) is 6.54 Å². The Morgan fingerprint density at radius 1 is 1.38 bits per heavy atom. The van der Waals surface area contributed by atoms with Gasteiger partial charge in [-0.1, -0.05) is 30.3 Å². The van der Waals surface area contributed by atoms with E-state index in [1.165, 1.54) is 5.56 Å². The van der Waals surface area contributed by atoms with Gasteiger partial charge in [-0.15, -0.1) is 0 Å². The van der Waals surface area contributed by atoms with Crippen molar-refractivity contribution in [1.29, 1.82) is 0 Å². The second-order valence-corrected chi connectivity index (χ2v) is 4.03. The predicted molar refractivity (Wildman–Crippen MR) is 63.0 cm³/mol. The van der Waals surface area contributed by atoms with Crippen molar-refractivity contribution in [2.45, 2.75) is 6.54 Å². The van der Waals surface area contributed by atoms with Gasteiger partial charge in [0.2, 0.25) is 0 Å². The largest absolute Gasteiger partial charge is 0.340 e. The molecule has 0 atom stereocenters. The molecule has 0 radical (unpaired) electrons. The van der Waals surface area contributed by atoms with Gasteiger partial charge in [0, 0.05) is 6.54 Å². The van der Waals surface area contributed by atoms with Crippen molar-refractivity contribution in [2.24, 2.45) is 4.99 Å². The van der Waals surface area contributed by atoms with Crippen molar-refractivity contribution in [2.75, 3.05) is 20.3 Å². The molecule has 1 aliphatic rings. The maximum atomic E-state index is 10.9. The van der Waals surface area contributed by atoms with E-state index in [2.05, 4.69) is 22.0 Å². The second-order valence-electron chi connectivity index (χ2n) is 4.03. The molecular weight excluding hydrogens is 202 g/mol. The maximum Gasteiger partial charge on any atom is 0.266 e. The van der Waals surface area contributed by atoms with E-state index in [1.807, 2.05) is 30.1 Å². The number of hydrogen-bond donors (Lipinski definition) is 0. The van der Waals surface area contributed by atoms with Crippen LogP contribution in [0.2, 0.25) is 0 Å². The summed E-state index contributed by atoms with van der Waals surface area (Å²) in [6.07, 6.45) is 1.61. The molecule has 84 valence electrons. The zero-order valence-electron chi connectivity index (χ0n) is 9.34. The van der Waals surface area contributed by atoms with Crippen LogP contribution in [-0.4, -0.2) is 42.3 Å². The molecule has 1 aromatic carbocycles. The third-order valence-corrected chi connectivity index (χ3v) is 2.42. The molecule has 0 unspecified atom stereocenters. The van der Waals surface area contributed by atoms with Crippen molar-refractivity contribution in [3.63, 3.8) is 0 Å². The molecule has 0 spiro atoms. The summed E-state index contributed by atoms with van der Waals surface area (Å²) in [5.74, 6) is -0.0619. The van der Waals surface area contributed by atoms with E-state index in [9.17, 15) is 4.79 Å². The highest BCUT2D eigenvalue weighted by atomic mass is 16.2. The molecule has 1 aromatic rings. The monoisotopic (exact) mass is 217 g/mol. The molecule has 0 aromatic heterocycles. The number of carbonyl (C=O) groups excluding carboxylic acids is 1. The molecule has 0 bridgehead atoms. The van der Waals surface area contributed by atoms with E-state index in [1.54, 1.807) is 6.34 Å². The number of nitrogens with zero attached hydrogens (tertiary/aromatic N) is 3. The highest BCUT2D eigenvalue weighted by Crippen LogP contribution is 2.04. The smallest absolute Gasteiger partial charge is 0.266 e. The molecule has 0 saturated heterocycles. The quantitative estimate of drug-likeness (QED) is 0.753. The van der Waals surface area contributed by atoms with Crippen molar-refractivity contribution in [3.05, 3.63) is 35.9 Å². The van der Waals surface area contributed by atoms with Crippen LogP contribution in [0.3, 0.4) is 0 Å². The fraction of sp³-hybridized carbons (Fsp3) is 0.333. The lowest BCUT2D eigenvalue weighted by atomic mass is 10.2. The molecule has 1 amide bonds. The summed E-state index contributed by atoms with van der Waals surface area (Å²) in [7, 11) is 2.03. The highest BCUT2D eigenvalue weighted by molar-refractivity contribution is 5.91. The topological polar surface area (TPSA) is 35.9 Å². The van der Waals surface area contributed by atoms with Crippen LogP contribution in [0, 0.1) is 0 Å². The fourth-order valence-corrected chi connectivity index (χ4v) is 1.74. The minimum absolute atomic E-state index is 0.0619. The minimum atomic E-state index is -0.0619. The van der Waals surface area contributed by atoms with Crippen molar-refractivity contribution in [1.82, 2.24) is 9.80 Å². The number of amides is 1. The average Bonchev–Trinajstić information content (AvgIpc) is 2.65. The van der Waals surface area contributed by atoms with Crippen LogP contribution in [0.15, 0.2) is 35.3 Å². The Bertz CT molecular complexity index is 389. The van der Waals surface area contributed by atoms with Crippen LogP contribution in [0.5, 0.6) is 0 Å². The first-order chi connectivity index (χ1) is 7.74. The Labute approximate surface area is 95.2 Å². The summed E-state index contributed by atoms with van der Waals surface area (Å²) >= 11 is 0. The number of rotatable bonds is 4. The van der Waals surface area contributed by atoms with Crippen LogP contribution in [0.4, 0.5) is 0 Å². The third-order valence-electron chi connectivity index (χ3n) is 2.42. The summed E-state index contributed by atoms with van der Waals surface area (Å²) in [6, 6.07) is 10.3. The molecule has 0 saturated carbocycles. The summed E-state index contributed by atoms with van der Waals surface area (Å²) < 4.78 is 0. The predicted octanol–water partition coefficient (Wildman–Crippen LogP) is 0.946. The Morgan fingerprint density at radius 3 is 2.75 bits per heavy atom.